The number of anilines is 1. The van der Waals surface area contributed by atoms with Crippen molar-refractivity contribution in [2.45, 2.75) is 44.2 Å². The molecule has 1 aromatic carbocycles. The van der Waals surface area contributed by atoms with Crippen LogP contribution in [-0.4, -0.2) is 45.6 Å². The third-order valence-corrected chi connectivity index (χ3v) is 6.66. The molecule has 1 saturated carbocycles. The largest absolute Gasteiger partial charge is 0.356 e. The Kier molecular flexibility index (Phi) is 4.53. The highest BCUT2D eigenvalue weighted by molar-refractivity contribution is 7.09. The lowest BCUT2D eigenvalue weighted by Gasteiger charge is -2.36. The van der Waals surface area contributed by atoms with Crippen LogP contribution in [0.1, 0.15) is 43.1 Å². The van der Waals surface area contributed by atoms with Crippen LogP contribution in [0.5, 0.6) is 0 Å². The van der Waals surface area contributed by atoms with Crippen LogP contribution in [-0.2, 0) is 6.54 Å². The molecule has 0 radical (unpaired) electrons. The summed E-state index contributed by atoms with van der Waals surface area (Å²) in [7, 11) is 2.17. The molecule has 27 heavy (non-hydrogen) atoms. The summed E-state index contributed by atoms with van der Waals surface area (Å²) in [5, 5.41) is 7.07. The molecular weight excluding hydrogens is 382 g/mol. The van der Waals surface area contributed by atoms with E-state index in [0.717, 1.165) is 60.1 Å². The number of nitrogens with zero attached hydrogens (tertiary/aromatic N) is 5. The quantitative estimate of drug-likeness (QED) is 0.632. The van der Waals surface area contributed by atoms with Crippen LogP contribution in [0.15, 0.2) is 22.7 Å². The lowest BCUT2D eigenvalue weighted by molar-refractivity contribution is 0.196. The Balaban J connectivity index is 1.21. The minimum Gasteiger partial charge on any atom is -0.356 e. The molecule has 142 valence electrons. The summed E-state index contributed by atoms with van der Waals surface area (Å²) in [4.78, 5) is 9.52. The Morgan fingerprint density at radius 2 is 2.07 bits per heavy atom. The molecule has 3 heterocycles. The number of aromatic nitrogens is 3. The smallest absolute Gasteiger partial charge is 0.205 e. The molecule has 0 N–H and O–H groups in total. The van der Waals surface area contributed by atoms with Crippen molar-refractivity contribution in [2.75, 3.05) is 25.0 Å². The van der Waals surface area contributed by atoms with Gasteiger partial charge in [0, 0.05) is 53.5 Å². The summed E-state index contributed by atoms with van der Waals surface area (Å²) in [5.41, 5.74) is 1.75. The summed E-state index contributed by atoms with van der Waals surface area (Å²) in [6, 6.07) is 6.18. The maximum absolute atomic E-state index is 6.13. The van der Waals surface area contributed by atoms with Crippen molar-refractivity contribution in [3.8, 4) is 0 Å². The van der Waals surface area contributed by atoms with E-state index in [4.69, 9.17) is 21.1 Å². The number of fused-ring (bicyclic) bond motifs is 1. The standard InChI is InChI=1S/C19H22ClN5OS/c1-24(11-16-15-10-13(20)4-5-17(15)26-22-16)14-6-8-25(9-7-14)19-21-18(23-27-19)12-2-3-12/h4-5,10,12,14H,2-3,6-9,11H2,1H3. The molecule has 2 aromatic heterocycles. The third kappa shape index (κ3) is 3.56. The summed E-state index contributed by atoms with van der Waals surface area (Å²) >= 11 is 7.69. The van der Waals surface area contributed by atoms with Crippen molar-refractivity contribution in [2.24, 2.45) is 0 Å². The first-order chi connectivity index (χ1) is 13.2. The van der Waals surface area contributed by atoms with Gasteiger partial charge in [-0.15, -0.1) is 0 Å². The second-order valence-electron chi connectivity index (χ2n) is 7.61. The molecule has 1 aliphatic carbocycles. The number of benzene rings is 1. The van der Waals surface area contributed by atoms with Crippen LogP contribution in [0.3, 0.4) is 0 Å². The Hall–Kier alpha value is -1.70. The Morgan fingerprint density at radius 1 is 1.26 bits per heavy atom. The zero-order valence-corrected chi connectivity index (χ0v) is 16.8. The molecular formula is C19H22ClN5OS. The summed E-state index contributed by atoms with van der Waals surface area (Å²) in [6.07, 6.45) is 4.74. The van der Waals surface area contributed by atoms with Crippen molar-refractivity contribution >= 4 is 39.2 Å². The third-order valence-electron chi connectivity index (χ3n) is 5.64. The number of halogens is 1. The molecule has 5 rings (SSSR count). The van der Waals surface area contributed by atoms with Gasteiger partial charge in [0.25, 0.3) is 0 Å². The highest BCUT2D eigenvalue weighted by Crippen LogP contribution is 2.40. The average Bonchev–Trinajstić information content (AvgIpc) is 3.29. The lowest BCUT2D eigenvalue weighted by Crippen LogP contribution is -2.43. The summed E-state index contributed by atoms with van der Waals surface area (Å²) < 4.78 is 9.98. The van der Waals surface area contributed by atoms with Gasteiger partial charge >= 0.3 is 0 Å². The first-order valence-corrected chi connectivity index (χ1v) is 10.6. The second kappa shape index (κ2) is 7.04. The highest BCUT2D eigenvalue weighted by atomic mass is 35.5. The van der Waals surface area contributed by atoms with Crippen LogP contribution < -0.4 is 4.90 Å². The van der Waals surface area contributed by atoms with E-state index >= 15 is 0 Å². The van der Waals surface area contributed by atoms with Crippen LogP contribution in [0.25, 0.3) is 11.0 Å². The predicted octanol–water partition coefficient (Wildman–Crippen LogP) is 4.31. The Bertz CT molecular complexity index is 945. The van der Waals surface area contributed by atoms with Gasteiger partial charge in [-0.3, -0.25) is 4.90 Å². The SMILES string of the molecule is CN(Cc1noc2ccc(Cl)cc12)C1CCN(c2nc(C3CC3)ns2)CC1. The molecule has 8 heteroatoms. The van der Waals surface area contributed by atoms with E-state index in [-0.39, 0.29) is 0 Å². The van der Waals surface area contributed by atoms with Crippen LogP contribution in [0.2, 0.25) is 5.02 Å². The molecule has 0 amide bonds. The van der Waals surface area contributed by atoms with Crippen molar-refractivity contribution in [3.05, 3.63) is 34.7 Å². The minimum absolute atomic E-state index is 0.531. The van der Waals surface area contributed by atoms with Gasteiger partial charge in [0.05, 0.1) is 0 Å². The van der Waals surface area contributed by atoms with Crippen molar-refractivity contribution < 1.29 is 4.52 Å². The van der Waals surface area contributed by atoms with Crippen LogP contribution in [0.4, 0.5) is 5.13 Å². The van der Waals surface area contributed by atoms with E-state index in [1.165, 1.54) is 12.8 Å². The highest BCUT2D eigenvalue weighted by Gasteiger charge is 2.30. The van der Waals surface area contributed by atoms with E-state index < -0.39 is 0 Å². The van der Waals surface area contributed by atoms with Crippen molar-refractivity contribution in [3.63, 3.8) is 0 Å². The van der Waals surface area contributed by atoms with E-state index in [9.17, 15) is 0 Å². The fraction of sp³-hybridized carbons (Fsp3) is 0.526. The average molecular weight is 404 g/mol. The second-order valence-corrected chi connectivity index (χ2v) is 8.78. The monoisotopic (exact) mass is 403 g/mol. The first-order valence-electron chi connectivity index (χ1n) is 9.50. The molecule has 0 bridgehead atoms. The fourth-order valence-corrected chi connectivity index (χ4v) is 4.77. The maximum atomic E-state index is 6.13. The van der Waals surface area contributed by atoms with Crippen LogP contribution in [0, 0.1) is 0 Å². The number of hydrogen-bond donors (Lipinski definition) is 0. The van der Waals surface area contributed by atoms with E-state index in [1.54, 1.807) is 11.5 Å². The molecule has 2 fully saturated rings. The first kappa shape index (κ1) is 17.4. The van der Waals surface area contributed by atoms with Gasteiger partial charge < -0.3 is 9.42 Å². The van der Waals surface area contributed by atoms with Gasteiger partial charge in [0.1, 0.15) is 11.5 Å². The molecule has 1 aliphatic heterocycles. The molecule has 1 saturated heterocycles. The van der Waals surface area contributed by atoms with Crippen molar-refractivity contribution in [1.29, 1.82) is 0 Å². The molecule has 6 nitrogen and oxygen atoms in total. The number of hydrogen-bond acceptors (Lipinski definition) is 7. The zero-order chi connectivity index (χ0) is 18.4. The molecule has 3 aromatic rings. The molecule has 2 aliphatic rings. The van der Waals surface area contributed by atoms with Crippen molar-refractivity contribution in [1.82, 2.24) is 19.4 Å². The van der Waals surface area contributed by atoms with Gasteiger partial charge in [0.15, 0.2) is 5.58 Å². The molecule has 0 spiro atoms. The maximum Gasteiger partial charge on any atom is 0.205 e. The van der Waals surface area contributed by atoms with E-state index in [0.29, 0.717) is 17.0 Å². The van der Waals surface area contributed by atoms with Gasteiger partial charge in [-0.1, -0.05) is 16.8 Å². The normalized spacial score (nSPS) is 18.7. The summed E-state index contributed by atoms with van der Waals surface area (Å²) in [5.74, 6) is 1.69. The Labute approximate surface area is 167 Å². The Morgan fingerprint density at radius 3 is 2.85 bits per heavy atom. The predicted molar refractivity (Wildman–Crippen MR) is 108 cm³/mol. The number of piperidine rings is 1. The minimum atomic E-state index is 0.531. The topological polar surface area (TPSA) is 58.3 Å². The van der Waals surface area contributed by atoms with Gasteiger partial charge in [-0.2, -0.15) is 4.37 Å². The molecule has 0 unspecified atom stereocenters. The summed E-state index contributed by atoms with van der Waals surface area (Å²) in [6.45, 7) is 2.82. The van der Waals surface area contributed by atoms with E-state index in [2.05, 4.69) is 26.4 Å². The van der Waals surface area contributed by atoms with E-state index in [1.807, 2.05) is 18.2 Å². The lowest BCUT2D eigenvalue weighted by atomic mass is 10.0. The van der Waals surface area contributed by atoms with Crippen LogP contribution >= 0.6 is 23.1 Å². The number of rotatable bonds is 5. The fourth-order valence-electron chi connectivity index (χ4n) is 3.80. The van der Waals surface area contributed by atoms with Gasteiger partial charge in [-0.05, 0) is 50.9 Å². The van der Waals surface area contributed by atoms with Gasteiger partial charge in [0.2, 0.25) is 5.13 Å². The van der Waals surface area contributed by atoms with Gasteiger partial charge in [-0.25, -0.2) is 4.98 Å². The molecule has 0 atom stereocenters. The zero-order valence-electron chi connectivity index (χ0n) is 15.3.